The molecule has 1 saturated heterocycles. The fourth-order valence-electron chi connectivity index (χ4n) is 4.29. The first-order valence-electron chi connectivity index (χ1n) is 8.71. The molecule has 1 aromatic carbocycles. The second-order valence-corrected chi connectivity index (χ2v) is 7.17. The maximum absolute atomic E-state index is 3.55. The molecule has 0 aromatic heterocycles. The number of halogens is 1. The molecule has 1 aliphatic carbocycles. The lowest BCUT2D eigenvalue weighted by molar-refractivity contribution is 0.178. The molecule has 0 spiro atoms. The zero-order valence-corrected chi connectivity index (χ0v) is 14.9. The van der Waals surface area contributed by atoms with Crippen LogP contribution in [0.4, 0.5) is 0 Å². The van der Waals surface area contributed by atoms with Crippen LogP contribution >= 0.6 is 12.4 Å². The molecule has 0 radical (unpaired) electrons. The third-order valence-corrected chi connectivity index (χ3v) is 5.50. The van der Waals surface area contributed by atoms with Gasteiger partial charge in [0.15, 0.2) is 0 Å². The van der Waals surface area contributed by atoms with Gasteiger partial charge in [-0.1, -0.05) is 36.2 Å². The zero-order chi connectivity index (χ0) is 14.7. The SMILES string of the molecule is Cc1ccc(C2CCCC2N(C)CC2CCCNC2)cc1.Cl. The topological polar surface area (TPSA) is 15.3 Å². The quantitative estimate of drug-likeness (QED) is 0.902. The highest BCUT2D eigenvalue weighted by Crippen LogP contribution is 2.37. The monoisotopic (exact) mass is 322 g/mol. The number of likely N-dealkylation sites (N-methyl/N-ethyl adjacent to an activating group) is 1. The zero-order valence-electron chi connectivity index (χ0n) is 14.1. The number of nitrogens with zero attached hydrogens (tertiary/aromatic N) is 1. The molecule has 2 aliphatic rings. The van der Waals surface area contributed by atoms with Crippen molar-refractivity contribution in [2.75, 3.05) is 26.7 Å². The van der Waals surface area contributed by atoms with Crippen LogP contribution in [0.1, 0.15) is 49.1 Å². The van der Waals surface area contributed by atoms with Crippen LogP contribution in [0, 0.1) is 12.8 Å². The van der Waals surface area contributed by atoms with Crippen LogP contribution in [-0.4, -0.2) is 37.6 Å². The van der Waals surface area contributed by atoms with Crippen molar-refractivity contribution in [1.29, 1.82) is 0 Å². The molecule has 1 saturated carbocycles. The van der Waals surface area contributed by atoms with Gasteiger partial charge in [0.05, 0.1) is 0 Å². The van der Waals surface area contributed by atoms with Gasteiger partial charge in [0.2, 0.25) is 0 Å². The third kappa shape index (κ3) is 4.24. The third-order valence-electron chi connectivity index (χ3n) is 5.50. The molecule has 124 valence electrons. The van der Waals surface area contributed by atoms with Gasteiger partial charge in [-0.05, 0) is 70.1 Å². The number of aryl methyl sites for hydroxylation is 1. The van der Waals surface area contributed by atoms with Gasteiger partial charge in [0, 0.05) is 12.6 Å². The Balaban J connectivity index is 0.00000176. The minimum atomic E-state index is 0. The first-order chi connectivity index (χ1) is 10.2. The average molecular weight is 323 g/mol. The maximum Gasteiger partial charge on any atom is 0.0161 e. The maximum atomic E-state index is 3.55. The number of piperidine rings is 1. The van der Waals surface area contributed by atoms with Crippen molar-refractivity contribution in [1.82, 2.24) is 10.2 Å². The summed E-state index contributed by atoms with van der Waals surface area (Å²) >= 11 is 0. The van der Waals surface area contributed by atoms with Crippen LogP contribution in [0.3, 0.4) is 0 Å². The van der Waals surface area contributed by atoms with E-state index in [0.717, 1.165) is 17.9 Å². The highest BCUT2D eigenvalue weighted by molar-refractivity contribution is 5.85. The smallest absolute Gasteiger partial charge is 0.0161 e. The predicted octanol–water partition coefficient (Wildman–Crippen LogP) is 3.98. The van der Waals surface area contributed by atoms with Crippen LogP contribution in [0.5, 0.6) is 0 Å². The Hall–Kier alpha value is -0.570. The molecule has 1 aromatic rings. The summed E-state index contributed by atoms with van der Waals surface area (Å²) in [4.78, 5) is 2.66. The van der Waals surface area contributed by atoms with Crippen molar-refractivity contribution < 1.29 is 0 Å². The number of rotatable bonds is 4. The Bertz CT molecular complexity index is 439. The minimum Gasteiger partial charge on any atom is -0.316 e. The second-order valence-electron chi connectivity index (χ2n) is 7.17. The first kappa shape index (κ1) is 17.8. The minimum absolute atomic E-state index is 0. The molecule has 1 aliphatic heterocycles. The van der Waals surface area contributed by atoms with Crippen molar-refractivity contribution in [3.05, 3.63) is 35.4 Å². The van der Waals surface area contributed by atoms with Gasteiger partial charge >= 0.3 is 0 Å². The van der Waals surface area contributed by atoms with Crippen molar-refractivity contribution in [2.45, 2.75) is 51.0 Å². The standard InChI is InChI=1S/C19H30N2.ClH/c1-15-8-10-17(11-9-15)18-6-3-7-19(18)21(2)14-16-5-4-12-20-13-16;/h8-11,16,18-20H,3-7,12-14H2,1-2H3;1H. The van der Waals surface area contributed by atoms with Crippen LogP contribution in [-0.2, 0) is 0 Å². The van der Waals surface area contributed by atoms with Crippen LogP contribution in [0.15, 0.2) is 24.3 Å². The molecule has 0 bridgehead atoms. The summed E-state index contributed by atoms with van der Waals surface area (Å²) < 4.78 is 0. The largest absolute Gasteiger partial charge is 0.316 e. The Morgan fingerprint density at radius 2 is 1.86 bits per heavy atom. The summed E-state index contributed by atoms with van der Waals surface area (Å²) in [6.07, 6.45) is 6.87. The molecule has 1 N–H and O–H groups in total. The van der Waals surface area contributed by atoms with Gasteiger partial charge in [0.25, 0.3) is 0 Å². The van der Waals surface area contributed by atoms with Gasteiger partial charge in [-0.15, -0.1) is 12.4 Å². The number of hydrogen-bond donors (Lipinski definition) is 1. The summed E-state index contributed by atoms with van der Waals surface area (Å²) in [6, 6.07) is 10.0. The van der Waals surface area contributed by atoms with Gasteiger partial charge in [0.1, 0.15) is 0 Å². The van der Waals surface area contributed by atoms with Gasteiger partial charge < -0.3 is 10.2 Å². The lowest BCUT2D eigenvalue weighted by Gasteiger charge is -2.34. The second kappa shape index (κ2) is 8.33. The van der Waals surface area contributed by atoms with Crippen molar-refractivity contribution in [3.8, 4) is 0 Å². The molecule has 22 heavy (non-hydrogen) atoms. The van der Waals surface area contributed by atoms with Gasteiger partial charge in [-0.3, -0.25) is 0 Å². The van der Waals surface area contributed by atoms with E-state index >= 15 is 0 Å². The fraction of sp³-hybridized carbons (Fsp3) is 0.684. The summed E-state index contributed by atoms with van der Waals surface area (Å²) in [5.74, 6) is 1.59. The number of hydrogen-bond acceptors (Lipinski definition) is 2. The van der Waals surface area contributed by atoms with E-state index in [1.807, 2.05) is 0 Å². The molecular formula is C19H31ClN2. The molecule has 3 unspecified atom stereocenters. The summed E-state index contributed by atoms with van der Waals surface area (Å²) in [5.41, 5.74) is 2.92. The molecule has 3 heteroatoms. The van der Waals surface area contributed by atoms with Crippen molar-refractivity contribution in [2.24, 2.45) is 5.92 Å². The Labute approximate surface area is 142 Å². The van der Waals surface area contributed by atoms with Crippen molar-refractivity contribution >= 4 is 12.4 Å². The normalized spacial score (nSPS) is 28.6. The van der Waals surface area contributed by atoms with Crippen LogP contribution in [0.2, 0.25) is 0 Å². The highest BCUT2D eigenvalue weighted by Gasteiger charge is 2.32. The van der Waals surface area contributed by atoms with E-state index in [2.05, 4.69) is 48.5 Å². The van der Waals surface area contributed by atoms with Gasteiger partial charge in [-0.25, -0.2) is 0 Å². The van der Waals surface area contributed by atoms with E-state index in [-0.39, 0.29) is 12.4 Å². The Morgan fingerprint density at radius 3 is 2.55 bits per heavy atom. The molecule has 3 rings (SSSR count). The highest BCUT2D eigenvalue weighted by atomic mass is 35.5. The molecule has 2 nitrogen and oxygen atoms in total. The van der Waals surface area contributed by atoms with E-state index < -0.39 is 0 Å². The van der Waals surface area contributed by atoms with E-state index in [9.17, 15) is 0 Å². The molecule has 3 atom stereocenters. The van der Waals surface area contributed by atoms with E-state index in [1.165, 1.54) is 57.3 Å². The Kier molecular flexibility index (Phi) is 6.73. The lowest BCUT2D eigenvalue weighted by Crippen LogP contribution is -2.41. The summed E-state index contributed by atoms with van der Waals surface area (Å²) in [6.45, 7) is 5.88. The van der Waals surface area contributed by atoms with Gasteiger partial charge in [-0.2, -0.15) is 0 Å². The molecule has 2 fully saturated rings. The number of benzene rings is 1. The van der Waals surface area contributed by atoms with Crippen LogP contribution in [0.25, 0.3) is 0 Å². The van der Waals surface area contributed by atoms with E-state index in [0.29, 0.717) is 0 Å². The first-order valence-corrected chi connectivity index (χ1v) is 8.71. The molecular weight excluding hydrogens is 292 g/mol. The Morgan fingerprint density at radius 1 is 1.09 bits per heavy atom. The molecule has 1 heterocycles. The summed E-state index contributed by atoms with van der Waals surface area (Å²) in [7, 11) is 2.35. The van der Waals surface area contributed by atoms with E-state index in [4.69, 9.17) is 0 Å². The van der Waals surface area contributed by atoms with Crippen LogP contribution < -0.4 is 5.32 Å². The summed E-state index contributed by atoms with van der Waals surface area (Å²) in [5, 5.41) is 3.55. The average Bonchev–Trinajstić information content (AvgIpc) is 2.98. The molecule has 0 amide bonds. The van der Waals surface area contributed by atoms with Crippen molar-refractivity contribution in [3.63, 3.8) is 0 Å². The number of nitrogens with one attached hydrogen (secondary N) is 1. The predicted molar refractivity (Wildman–Crippen MR) is 97.0 cm³/mol. The van der Waals surface area contributed by atoms with E-state index in [1.54, 1.807) is 5.56 Å². The fourth-order valence-corrected chi connectivity index (χ4v) is 4.29. The lowest BCUT2D eigenvalue weighted by atomic mass is 9.91.